The van der Waals surface area contributed by atoms with E-state index >= 15 is 0 Å². The maximum atomic E-state index is 13.8. The Kier molecular flexibility index (Phi) is 6.19. The number of nitrogens with zero attached hydrogens (tertiary/aromatic N) is 1. The highest BCUT2D eigenvalue weighted by Crippen LogP contribution is 2.21. The molecule has 2 saturated heterocycles. The van der Waals surface area contributed by atoms with E-state index in [1.54, 1.807) is 0 Å². The Morgan fingerprint density at radius 2 is 1.96 bits per heavy atom. The Morgan fingerprint density at radius 1 is 1.19 bits per heavy atom. The molecule has 0 saturated carbocycles. The second kappa shape index (κ2) is 8.58. The number of hydrogen-bond donors (Lipinski definition) is 1. The topological polar surface area (TPSA) is 58.6 Å². The van der Waals surface area contributed by atoms with Crippen LogP contribution in [-0.2, 0) is 9.53 Å². The van der Waals surface area contributed by atoms with Crippen molar-refractivity contribution < 1.29 is 23.1 Å². The molecular weight excluding hydrogens is 342 g/mol. The smallest absolute Gasteiger partial charge is 0.256 e. The zero-order valence-corrected chi connectivity index (χ0v) is 14.7. The molecule has 1 aromatic carbocycles. The summed E-state index contributed by atoms with van der Waals surface area (Å²) >= 11 is 0. The van der Waals surface area contributed by atoms with Gasteiger partial charge in [0.25, 0.3) is 5.91 Å². The second-order valence-corrected chi connectivity index (χ2v) is 6.91. The highest BCUT2D eigenvalue weighted by molar-refractivity contribution is 5.94. The Bertz CT molecular complexity index is 654. The van der Waals surface area contributed by atoms with E-state index in [9.17, 15) is 18.4 Å². The van der Waals surface area contributed by atoms with Gasteiger partial charge in [0.15, 0.2) is 0 Å². The predicted octanol–water partition coefficient (Wildman–Crippen LogP) is 2.50. The molecule has 1 aromatic rings. The van der Waals surface area contributed by atoms with Gasteiger partial charge >= 0.3 is 0 Å². The van der Waals surface area contributed by atoms with Crippen molar-refractivity contribution in [3.8, 4) is 0 Å². The molecule has 2 amide bonds. The number of piperidine rings is 1. The summed E-state index contributed by atoms with van der Waals surface area (Å²) in [6.45, 7) is 2.18. The molecule has 0 aromatic heterocycles. The first kappa shape index (κ1) is 18.8. The van der Waals surface area contributed by atoms with Gasteiger partial charge < -0.3 is 15.0 Å². The third-order valence-electron chi connectivity index (χ3n) is 5.10. The van der Waals surface area contributed by atoms with E-state index in [0.717, 1.165) is 38.0 Å². The molecule has 2 aliphatic rings. The molecule has 0 aliphatic carbocycles. The Hall–Kier alpha value is -2.02. The van der Waals surface area contributed by atoms with Crippen LogP contribution in [0, 0.1) is 17.6 Å². The van der Waals surface area contributed by atoms with E-state index in [0.29, 0.717) is 38.5 Å². The van der Waals surface area contributed by atoms with Crippen LogP contribution in [0.15, 0.2) is 18.2 Å². The molecule has 0 radical (unpaired) electrons. The number of carbonyl (C=O) groups is 2. The zero-order valence-electron chi connectivity index (χ0n) is 14.7. The lowest BCUT2D eigenvalue weighted by molar-refractivity contribution is -0.126. The van der Waals surface area contributed by atoms with Crippen LogP contribution in [0.5, 0.6) is 0 Å². The molecule has 2 heterocycles. The first-order valence-electron chi connectivity index (χ1n) is 9.18. The lowest BCUT2D eigenvalue weighted by atomic mass is 9.95. The molecular formula is C19H24F2N2O3. The minimum Gasteiger partial charge on any atom is -0.378 e. The molecule has 2 aliphatic heterocycles. The number of amides is 2. The fraction of sp³-hybridized carbons (Fsp3) is 0.579. The van der Waals surface area contributed by atoms with Crippen molar-refractivity contribution in [2.45, 2.75) is 38.2 Å². The monoisotopic (exact) mass is 366 g/mol. The van der Waals surface area contributed by atoms with E-state index in [1.807, 2.05) is 0 Å². The summed E-state index contributed by atoms with van der Waals surface area (Å²) in [4.78, 5) is 26.1. The summed E-state index contributed by atoms with van der Waals surface area (Å²) < 4.78 is 32.3. The van der Waals surface area contributed by atoms with Crippen molar-refractivity contribution in [3.05, 3.63) is 35.4 Å². The quantitative estimate of drug-likeness (QED) is 0.871. The Labute approximate surface area is 151 Å². The molecule has 5 nitrogen and oxygen atoms in total. The van der Waals surface area contributed by atoms with Crippen LogP contribution in [0.3, 0.4) is 0 Å². The number of likely N-dealkylation sites (tertiary alicyclic amines) is 1. The minimum atomic E-state index is -0.857. The summed E-state index contributed by atoms with van der Waals surface area (Å²) in [6.07, 6.45) is 4.30. The van der Waals surface area contributed by atoms with E-state index in [-0.39, 0.29) is 23.5 Å². The largest absolute Gasteiger partial charge is 0.378 e. The van der Waals surface area contributed by atoms with Gasteiger partial charge in [-0.05, 0) is 44.2 Å². The average molecular weight is 366 g/mol. The first-order chi connectivity index (χ1) is 12.5. The van der Waals surface area contributed by atoms with Crippen LogP contribution < -0.4 is 5.32 Å². The molecule has 3 rings (SSSR count). The molecule has 142 valence electrons. The van der Waals surface area contributed by atoms with Crippen LogP contribution in [0.4, 0.5) is 8.78 Å². The molecule has 1 atom stereocenters. The van der Waals surface area contributed by atoms with Crippen LogP contribution in [0.25, 0.3) is 0 Å². The highest BCUT2D eigenvalue weighted by Gasteiger charge is 2.29. The van der Waals surface area contributed by atoms with Crippen molar-refractivity contribution in [1.29, 1.82) is 0 Å². The first-order valence-corrected chi connectivity index (χ1v) is 9.18. The predicted molar refractivity (Wildman–Crippen MR) is 91.6 cm³/mol. The summed E-state index contributed by atoms with van der Waals surface area (Å²) in [5.74, 6) is -2.16. The van der Waals surface area contributed by atoms with Crippen molar-refractivity contribution in [3.63, 3.8) is 0 Å². The second-order valence-electron chi connectivity index (χ2n) is 6.91. The van der Waals surface area contributed by atoms with E-state index in [4.69, 9.17) is 4.74 Å². The Balaban J connectivity index is 1.44. The summed E-state index contributed by atoms with van der Waals surface area (Å²) in [5, 5.41) is 2.95. The van der Waals surface area contributed by atoms with Crippen molar-refractivity contribution in [1.82, 2.24) is 10.2 Å². The van der Waals surface area contributed by atoms with Gasteiger partial charge in [0, 0.05) is 38.2 Å². The molecule has 0 spiro atoms. The van der Waals surface area contributed by atoms with Gasteiger partial charge in [0.05, 0.1) is 11.7 Å². The van der Waals surface area contributed by atoms with Gasteiger partial charge in [0.2, 0.25) is 5.91 Å². The van der Waals surface area contributed by atoms with Crippen molar-refractivity contribution in [2.75, 3.05) is 26.2 Å². The fourth-order valence-electron chi connectivity index (χ4n) is 3.55. The average Bonchev–Trinajstić information content (AvgIpc) is 3.15. The number of hydrogen-bond acceptors (Lipinski definition) is 3. The lowest BCUT2D eigenvalue weighted by Gasteiger charge is -2.31. The van der Waals surface area contributed by atoms with Crippen LogP contribution >= 0.6 is 0 Å². The molecule has 2 fully saturated rings. The minimum absolute atomic E-state index is 0.00283. The lowest BCUT2D eigenvalue weighted by Crippen LogP contribution is -2.43. The fourth-order valence-corrected chi connectivity index (χ4v) is 3.55. The van der Waals surface area contributed by atoms with Crippen LogP contribution in [-0.4, -0.2) is 49.1 Å². The van der Waals surface area contributed by atoms with E-state index < -0.39 is 17.5 Å². The normalized spacial score (nSPS) is 21.0. The van der Waals surface area contributed by atoms with Crippen molar-refractivity contribution in [2.24, 2.45) is 5.92 Å². The molecule has 7 heteroatoms. The van der Waals surface area contributed by atoms with Gasteiger partial charge in [-0.25, -0.2) is 8.78 Å². The maximum absolute atomic E-state index is 13.8. The van der Waals surface area contributed by atoms with Gasteiger partial charge in [-0.15, -0.1) is 0 Å². The summed E-state index contributed by atoms with van der Waals surface area (Å²) in [6, 6.07) is 2.95. The van der Waals surface area contributed by atoms with Crippen LogP contribution in [0.2, 0.25) is 0 Å². The van der Waals surface area contributed by atoms with Gasteiger partial charge in [0.1, 0.15) is 11.6 Å². The Morgan fingerprint density at radius 3 is 2.62 bits per heavy atom. The van der Waals surface area contributed by atoms with E-state index in [1.165, 1.54) is 4.90 Å². The number of rotatable bonds is 5. The van der Waals surface area contributed by atoms with Gasteiger partial charge in [-0.2, -0.15) is 0 Å². The van der Waals surface area contributed by atoms with Crippen molar-refractivity contribution >= 4 is 11.8 Å². The van der Waals surface area contributed by atoms with Crippen LogP contribution in [0.1, 0.15) is 42.5 Å². The molecule has 26 heavy (non-hydrogen) atoms. The highest BCUT2D eigenvalue weighted by atomic mass is 19.1. The third kappa shape index (κ3) is 4.58. The standard InChI is InChI=1S/C19H24F2N2O3/c20-14-3-4-16(17(21)12-14)19(25)23-9-6-13(7-10-23)18(24)22-8-5-15-2-1-11-26-15/h3-4,12-13,15H,1-2,5-11H2,(H,22,24)/t15-/m0/s1. The zero-order chi connectivity index (χ0) is 18.5. The number of halogens is 2. The molecule has 0 unspecified atom stereocenters. The van der Waals surface area contributed by atoms with Gasteiger partial charge in [-0.1, -0.05) is 0 Å². The van der Waals surface area contributed by atoms with E-state index in [2.05, 4.69) is 5.32 Å². The third-order valence-corrected chi connectivity index (χ3v) is 5.10. The summed E-state index contributed by atoms with van der Waals surface area (Å²) in [5.41, 5.74) is -0.133. The van der Waals surface area contributed by atoms with Gasteiger partial charge in [-0.3, -0.25) is 9.59 Å². The number of benzene rings is 1. The number of nitrogens with one attached hydrogen (secondary N) is 1. The SMILES string of the molecule is O=C(NCC[C@@H]1CCCO1)C1CCN(C(=O)c2ccc(F)cc2F)CC1. The number of ether oxygens (including phenoxy) is 1. The number of carbonyl (C=O) groups excluding carboxylic acids is 2. The molecule has 1 N–H and O–H groups in total. The molecule has 0 bridgehead atoms. The summed E-state index contributed by atoms with van der Waals surface area (Å²) in [7, 11) is 0. The maximum Gasteiger partial charge on any atom is 0.256 e.